The summed E-state index contributed by atoms with van der Waals surface area (Å²) in [6.45, 7) is 2.64. The molecule has 0 spiro atoms. The molecule has 0 saturated heterocycles. The van der Waals surface area contributed by atoms with Crippen LogP contribution < -0.4 is 5.32 Å². The van der Waals surface area contributed by atoms with Crippen molar-refractivity contribution in [3.8, 4) is 11.5 Å². The largest absolute Gasteiger partial charge is 0.334 e. The lowest BCUT2D eigenvalue weighted by atomic mass is 10.1. The van der Waals surface area contributed by atoms with Crippen molar-refractivity contribution in [3.63, 3.8) is 0 Å². The number of aromatic nitrogens is 2. The van der Waals surface area contributed by atoms with Crippen molar-refractivity contribution in [3.05, 3.63) is 34.6 Å². The summed E-state index contributed by atoms with van der Waals surface area (Å²) >= 11 is 6.17. The van der Waals surface area contributed by atoms with Gasteiger partial charge in [0.05, 0.1) is 17.1 Å². The molecule has 0 radical (unpaired) electrons. The number of rotatable bonds is 4. The van der Waals surface area contributed by atoms with Crippen LogP contribution in [0.2, 0.25) is 5.02 Å². The highest BCUT2D eigenvalue weighted by atomic mass is 35.5. The van der Waals surface area contributed by atoms with E-state index in [2.05, 4.69) is 15.5 Å². The van der Waals surface area contributed by atoms with Crippen LogP contribution in [0, 0.1) is 6.92 Å². The van der Waals surface area contributed by atoms with Gasteiger partial charge in [-0.05, 0) is 37.5 Å². The van der Waals surface area contributed by atoms with Gasteiger partial charge in [0.15, 0.2) is 5.82 Å². The molecule has 18 heavy (non-hydrogen) atoms. The molecule has 1 aromatic carbocycles. The Morgan fingerprint density at radius 2 is 2.28 bits per heavy atom. The maximum absolute atomic E-state index is 6.17. The highest BCUT2D eigenvalue weighted by Crippen LogP contribution is 2.27. The van der Waals surface area contributed by atoms with E-state index >= 15 is 0 Å². The Balaban J connectivity index is 1.78. The lowest BCUT2D eigenvalue weighted by Crippen LogP contribution is -2.16. The van der Waals surface area contributed by atoms with Crippen LogP contribution in [0.15, 0.2) is 22.7 Å². The number of aryl methyl sites for hydroxylation is 1. The van der Waals surface area contributed by atoms with E-state index in [0.29, 0.717) is 29.3 Å². The van der Waals surface area contributed by atoms with Gasteiger partial charge >= 0.3 is 0 Å². The molecule has 0 amide bonds. The molecule has 2 aromatic rings. The molecule has 1 aliphatic carbocycles. The second-order valence-corrected chi connectivity index (χ2v) is 5.06. The second kappa shape index (κ2) is 4.71. The molecule has 1 aliphatic rings. The van der Waals surface area contributed by atoms with Crippen LogP contribution in [0.3, 0.4) is 0 Å². The SMILES string of the molecule is Cc1ccc(-c2nc(CNC3CC3)no2)c(Cl)c1. The molecule has 1 aromatic heterocycles. The lowest BCUT2D eigenvalue weighted by Gasteiger charge is -1.99. The van der Waals surface area contributed by atoms with Gasteiger partial charge in [0.25, 0.3) is 5.89 Å². The maximum Gasteiger partial charge on any atom is 0.259 e. The van der Waals surface area contributed by atoms with Crippen molar-refractivity contribution in [1.82, 2.24) is 15.5 Å². The average molecular weight is 264 g/mol. The fourth-order valence-electron chi connectivity index (χ4n) is 1.75. The molecular weight excluding hydrogens is 250 g/mol. The van der Waals surface area contributed by atoms with E-state index in [-0.39, 0.29) is 0 Å². The van der Waals surface area contributed by atoms with Crippen molar-refractivity contribution in [2.45, 2.75) is 32.4 Å². The Bertz CT molecular complexity index is 563. The summed E-state index contributed by atoms with van der Waals surface area (Å²) in [5.74, 6) is 1.15. The fourth-order valence-corrected chi connectivity index (χ4v) is 2.07. The van der Waals surface area contributed by atoms with Gasteiger partial charge in [0.1, 0.15) is 0 Å². The van der Waals surface area contributed by atoms with Crippen molar-refractivity contribution < 1.29 is 4.52 Å². The molecule has 3 rings (SSSR count). The van der Waals surface area contributed by atoms with Gasteiger partial charge in [-0.1, -0.05) is 22.8 Å². The minimum Gasteiger partial charge on any atom is -0.334 e. The van der Waals surface area contributed by atoms with Crippen LogP contribution in [0.5, 0.6) is 0 Å². The minimum atomic E-state index is 0.479. The summed E-state index contributed by atoms with van der Waals surface area (Å²) in [5, 5.41) is 7.93. The van der Waals surface area contributed by atoms with Crippen molar-refractivity contribution in [1.29, 1.82) is 0 Å². The summed E-state index contributed by atoms with van der Waals surface area (Å²) in [4.78, 5) is 4.35. The van der Waals surface area contributed by atoms with Crippen molar-refractivity contribution >= 4 is 11.6 Å². The maximum atomic E-state index is 6.17. The van der Waals surface area contributed by atoms with E-state index in [9.17, 15) is 0 Å². The Labute approximate surface area is 110 Å². The molecule has 5 heteroatoms. The number of nitrogens with one attached hydrogen (secondary N) is 1. The first-order chi connectivity index (χ1) is 8.72. The summed E-state index contributed by atoms with van der Waals surface area (Å²) in [7, 11) is 0. The van der Waals surface area contributed by atoms with Crippen molar-refractivity contribution in [2.24, 2.45) is 0 Å². The monoisotopic (exact) mass is 263 g/mol. The van der Waals surface area contributed by atoms with E-state index in [1.54, 1.807) is 0 Å². The van der Waals surface area contributed by atoms with Gasteiger partial charge < -0.3 is 9.84 Å². The average Bonchev–Trinajstić information content (AvgIpc) is 3.05. The topological polar surface area (TPSA) is 51.0 Å². The molecule has 0 aliphatic heterocycles. The van der Waals surface area contributed by atoms with Crippen LogP contribution in [0.25, 0.3) is 11.5 Å². The predicted molar refractivity (Wildman–Crippen MR) is 69.3 cm³/mol. The molecule has 4 nitrogen and oxygen atoms in total. The van der Waals surface area contributed by atoms with E-state index in [1.165, 1.54) is 12.8 Å². The number of benzene rings is 1. The van der Waals surface area contributed by atoms with Gasteiger partial charge in [-0.3, -0.25) is 0 Å². The second-order valence-electron chi connectivity index (χ2n) is 4.65. The van der Waals surface area contributed by atoms with Gasteiger partial charge in [-0.2, -0.15) is 4.98 Å². The molecule has 0 atom stereocenters. The molecule has 0 bridgehead atoms. The standard InChI is InChI=1S/C13H14ClN3O/c1-8-2-5-10(11(14)6-8)13-16-12(17-18-13)7-15-9-3-4-9/h2,5-6,9,15H,3-4,7H2,1H3. The molecule has 1 heterocycles. The first-order valence-corrected chi connectivity index (χ1v) is 6.42. The third-order valence-corrected chi connectivity index (χ3v) is 3.26. The molecule has 1 fully saturated rings. The minimum absolute atomic E-state index is 0.479. The Hall–Kier alpha value is -1.39. The predicted octanol–water partition coefficient (Wildman–Crippen LogP) is 2.95. The lowest BCUT2D eigenvalue weighted by molar-refractivity contribution is 0.419. The third-order valence-electron chi connectivity index (χ3n) is 2.95. The van der Waals surface area contributed by atoms with Crippen LogP contribution in [-0.2, 0) is 6.54 Å². The van der Waals surface area contributed by atoms with E-state index in [1.807, 2.05) is 25.1 Å². The third kappa shape index (κ3) is 2.54. The van der Waals surface area contributed by atoms with E-state index in [0.717, 1.165) is 11.1 Å². The van der Waals surface area contributed by atoms with Crippen LogP contribution >= 0.6 is 11.6 Å². The molecule has 0 unspecified atom stereocenters. The Kier molecular flexibility index (Phi) is 3.06. The highest BCUT2D eigenvalue weighted by Gasteiger charge is 2.21. The summed E-state index contributed by atoms with van der Waals surface area (Å²) in [6.07, 6.45) is 2.49. The smallest absolute Gasteiger partial charge is 0.259 e. The van der Waals surface area contributed by atoms with Crippen LogP contribution in [0.4, 0.5) is 0 Å². The number of hydrogen-bond acceptors (Lipinski definition) is 4. The summed E-state index contributed by atoms with van der Waals surface area (Å²) in [5.41, 5.74) is 1.89. The van der Waals surface area contributed by atoms with Gasteiger partial charge in [-0.25, -0.2) is 0 Å². The van der Waals surface area contributed by atoms with Crippen LogP contribution in [0.1, 0.15) is 24.2 Å². The van der Waals surface area contributed by atoms with Crippen LogP contribution in [-0.4, -0.2) is 16.2 Å². The zero-order chi connectivity index (χ0) is 12.5. The normalized spacial score (nSPS) is 15.0. The fraction of sp³-hybridized carbons (Fsp3) is 0.385. The number of hydrogen-bond donors (Lipinski definition) is 1. The quantitative estimate of drug-likeness (QED) is 0.921. The summed E-state index contributed by atoms with van der Waals surface area (Å²) < 4.78 is 5.24. The molecular formula is C13H14ClN3O. The first kappa shape index (κ1) is 11.7. The number of nitrogens with zero attached hydrogens (tertiary/aromatic N) is 2. The Morgan fingerprint density at radius 1 is 1.44 bits per heavy atom. The first-order valence-electron chi connectivity index (χ1n) is 6.05. The van der Waals surface area contributed by atoms with Gasteiger partial charge in [-0.15, -0.1) is 0 Å². The van der Waals surface area contributed by atoms with E-state index < -0.39 is 0 Å². The zero-order valence-corrected chi connectivity index (χ0v) is 10.9. The highest BCUT2D eigenvalue weighted by molar-refractivity contribution is 6.33. The van der Waals surface area contributed by atoms with Gasteiger partial charge in [0, 0.05) is 6.04 Å². The molecule has 1 saturated carbocycles. The molecule has 94 valence electrons. The molecule has 1 N–H and O–H groups in total. The Morgan fingerprint density at radius 3 is 3.00 bits per heavy atom. The number of halogens is 1. The zero-order valence-electron chi connectivity index (χ0n) is 10.1. The van der Waals surface area contributed by atoms with Gasteiger partial charge in [0.2, 0.25) is 0 Å². The summed E-state index contributed by atoms with van der Waals surface area (Å²) in [6, 6.07) is 6.41. The van der Waals surface area contributed by atoms with Crippen molar-refractivity contribution in [2.75, 3.05) is 0 Å². The van der Waals surface area contributed by atoms with E-state index in [4.69, 9.17) is 16.1 Å².